The molecule has 2 aromatic carbocycles. The summed E-state index contributed by atoms with van der Waals surface area (Å²) in [4.78, 5) is 22.6. The van der Waals surface area contributed by atoms with E-state index < -0.39 is 0 Å². The first-order valence-corrected chi connectivity index (χ1v) is 12.1. The summed E-state index contributed by atoms with van der Waals surface area (Å²) in [5.41, 5.74) is 1.14. The van der Waals surface area contributed by atoms with E-state index in [1.807, 2.05) is 12.1 Å². The molecule has 36 heavy (non-hydrogen) atoms. The Balaban J connectivity index is 0.00000456. The topological polar surface area (TPSA) is 82.6 Å². The number of anilines is 1. The van der Waals surface area contributed by atoms with Gasteiger partial charge in [-0.15, -0.1) is 12.4 Å². The van der Waals surface area contributed by atoms with Gasteiger partial charge in [-0.05, 0) is 25.2 Å². The molecule has 1 heterocycles. The number of hydrogen-bond donors (Lipinski definition) is 0. The Labute approximate surface area is 222 Å². The molecule has 0 radical (unpaired) electrons. The van der Waals surface area contributed by atoms with Crippen molar-refractivity contribution < 1.29 is 28.5 Å². The van der Waals surface area contributed by atoms with E-state index in [9.17, 15) is 4.79 Å². The second kappa shape index (κ2) is 13.4. The van der Waals surface area contributed by atoms with Crippen molar-refractivity contribution in [3.05, 3.63) is 29.8 Å². The fourth-order valence-electron chi connectivity index (χ4n) is 3.78. The van der Waals surface area contributed by atoms with Crippen molar-refractivity contribution >= 4 is 45.0 Å². The molecular weight excluding hydrogens is 506 g/mol. The Morgan fingerprint density at radius 3 is 1.86 bits per heavy atom. The lowest BCUT2D eigenvalue weighted by atomic mass is 10.1. The summed E-state index contributed by atoms with van der Waals surface area (Å²) in [6, 6.07) is 7.02. The summed E-state index contributed by atoms with van der Waals surface area (Å²) < 4.78 is 28.1. The van der Waals surface area contributed by atoms with Crippen LogP contribution in [0.25, 0.3) is 10.2 Å². The molecule has 1 aromatic heterocycles. The third-order valence-corrected chi connectivity index (χ3v) is 6.85. The number of halogens is 1. The smallest absolute Gasteiger partial charge is 0.260 e. The van der Waals surface area contributed by atoms with Crippen LogP contribution in [0, 0.1) is 0 Å². The SMILES string of the molecule is CCN(CC)CCN(C(=O)c1cc(OC)c(OC)c(OC)c1)c1nc2cc(OC)c(OC)cc2s1.Cl. The molecule has 0 N–H and O–H groups in total. The van der Waals surface area contributed by atoms with Crippen LogP contribution in [-0.2, 0) is 0 Å². The number of nitrogens with zero attached hydrogens (tertiary/aromatic N) is 3. The van der Waals surface area contributed by atoms with Gasteiger partial charge in [0.25, 0.3) is 5.91 Å². The number of carbonyl (C=O) groups is 1. The molecule has 3 rings (SSSR count). The maximum absolute atomic E-state index is 13.9. The van der Waals surface area contributed by atoms with E-state index in [1.165, 1.54) is 32.7 Å². The van der Waals surface area contributed by atoms with Gasteiger partial charge in [-0.3, -0.25) is 9.69 Å². The van der Waals surface area contributed by atoms with Crippen LogP contribution in [0.1, 0.15) is 24.2 Å². The number of hydrogen-bond acceptors (Lipinski definition) is 9. The first-order valence-electron chi connectivity index (χ1n) is 11.3. The number of methoxy groups -OCH3 is 5. The highest BCUT2D eigenvalue weighted by Crippen LogP contribution is 2.40. The van der Waals surface area contributed by atoms with Gasteiger partial charge in [-0.2, -0.15) is 0 Å². The second-order valence-corrected chi connectivity index (χ2v) is 8.58. The van der Waals surface area contributed by atoms with E-state index in [1.54, 1.807) is 31.3 Å². The minimum absolute atomic E-state index is 0. The third-order valence-electron chi connectivity index (χ3n) is 5.80. The van der Waals surface area contributed by atoms with Gasteiger partial charge in [0.05, 0.1) is 45.8 Å². The lowest BCUT2D eigenvalue weighted by Crippen LogP contribution is -2.38. The van der Waals surface area contributed by atoms with Crippen LogP contribution in [0.5, 0.6) is 28.7 Å². The molecule has 11 heteroatoms. The van der Waals surface area contributed by atoms with E-state index >= 15 is 0 Å². The van der Waals surface area contributed by atoms with Crippen LogP contribution < -0.4 is 28.6 Å². The summed E-state index contributed by atoms with van der Waals surface area (Å²) in [6.07, 6.45) is 0. The Kier molecular flexibility index (Phi) is 10.9. The number of ether oxygens (including phenoxy) is 5. The minimum atomic E-state index is -0.214. The number of carbonyl (C=O) groups excluding carboxylic acids is 1. The zero-order chi connectivity index (χ0) is 25.5. The largest absolute Gasteiger partial charge is 0.493 e. The molecule has 0 bridgehead atoms. The van der Waals surface area contributed by atoms with E-state index in [0.717, 1.165) is 23.3 Å². The average Bonchev–Trinajstić information content (AvgIpc) is 3.31. The van der Waals surface area contributed by atoms with Crippen molar-refractivity contribution in [2.45, 2.75) is 13.8 Å². The van der Waals surface area contributed by atoms with Crippen molar-refractivity contribution in [3.63, 3.8) is 0 Å². The van der Waals surface area contributed by atoms with Crippen LogP contribution in [-0.4, -0.2) is 77.5 Å². The zero-order valence-electron chi connectivity index (χ0n) is 21.7. The lowest BCUT2D eigenvalue weighted by molar-refractivity contribution is 0.0983. The normalized spacial score (nSPS) is 10.7. The van der Waals surface area contributed by atoms with Crippen LogP contribution in [0.4, 0.5) is 5.13 Å². The molecule has 0 fully saturated rings. The van der Waals surface area contributed by atoms with Gasteiger partial charge in [-0.25, -0.2) is 4.98 Å². The predicted molar refractivity (Wildman–Crippen MR) is 146 cm³/mol. The molecule has 0 saturated carbocycles. The number of rotatable bonds is 12. The average molecular weight is 540 g/mol. The molecule has 0 saturated heterocycles. The molecule has 0 spiro atoms. The fourth-order valence-corrected chi connectivity index (χ4v) is 4.78. The summed E-state index contributed by atoms with van der Waals surface area (Å²) in [5.74, 6) is 2.24. The van der Waals surface area contributed by atoms with Gasteiger partial charge < -0.3 is 28.6 Å². The predicted octanol–water partition coefficient (Wildman–Crippen LogP) is 4.75. The van der Waals surface area contributed by atoms with Gasteiger partial charge in [-0.1, -0.05) is 25.2 Å². The molecule has 0 atom stereocenters. The quantitative estimate of drug-likeness (QED) is 0.326. The molecule has 0 aliphatic carbocycles. The minimum Gasteiger partial charge on any atom is -0.493 e. The van der Waals surface area contributed by atoms with Gasteiger partial charge in [0.1, 0.15) is 0 Å². The number of benzene rings is 2. The van der Waals surface area contributed by atoms with Crippen LogP contribution in [0.15, 0.2) is 24.3 Å². The van der Waals surface area contributed by atoms with Crippen LogP contribution in [0.2, 0.25) is 0 Å². The van der Waals surface area contributed by atoms with E-state index in [2.05, 4.69) is 18.7 Å². The van der Waals surface area contributed by atoms with Crippen molar-refractivity contribution in [2.24, 2.45) is 0 Å². The highest BCUT2D eigenvalue weighted by Gasteiger charge is 2.25. The summed E-state index contributed by atoms with van der Waals surface area (Å²) >= 11 is 1.42. The van der Waals surface area contributed by atoms with Crippen LogP contribution >= 0.6 is 23.7 Å². The maximum atomic E-state index is 13.9. The van der Waals surface area contributed by atoms with Gasteiger partial charge in [0, 0.05) is 30.8 Å². The first-order chi connectivity index (χ1) is 16.9. The number of amides is 1. The van der Waals surface area contributed by atoms with Crippen molar-refractivity contribution in [1.82, 2.24) is 9.88 Å². The number of fused-ring (bicyclic) bond motifs is 1. The second-order valence-electron chi connectivity index (χ2n) is 7.57. The monoisotopic (exact) mass is 539 g/mol. The van der Waals surface area contributed by atoms with E-state index in [0.29, 0.717) is 52.5 Å². The number of likely N-dealkylation sites (N-methyl/N-ethyl adjacent to an activating group) is 1. The van der Waals surface area contributed by atoms with Crippen LogP contribution in [0.3, 0.4) is 0 Å². The Morgan fingerprint density at radius 2 is 1.36 bits per heavy atom. The highest BCUT2D eigenvalue weighted by atomic mass is 35.5. The van der Waals surface area contributed by atoms with E-state index in [4.69, 9.17) is 28.7 Å². The molecule has 1 amide bonds. The Bertz CT molecular complexity index is 1100. The molecular formula is C25H34ClN3O6S. The number of aromatic nitrogens is 1. The first kappa shape index (κ1) is 29.3. The molecule has 3 aromatic rings. The van der Waals surface area contributed by atoms with E-state index in [-0.39, 0.29) is 18.3 Å². The Hall–Kier alpha value is -2.95. The fraction of sp³-hybridized carbons (Fsp3) is 0.440. The number of thiazole rings is 1. The van der Waals surface area contributed by atoms with Crippen molar-refractivity contribution in [3.8, 4) is 28.7 Å². The molecule has 0 aliphatic heterocycles. The van der Waals surface area contributed by atoms with Gasteiger partial charge in [0.15, 0.2) is 28.1 Å². The highest BCUT2D eigenvalue weighted by molar-refractivity contribution is 7.22. The molecule has 0 aliphatic rings. The molecule has 0 unspecified atom stereocenters. The summed E-state index contributed by atoms with van der Waals surface area (Å²) in [7, 11) is 7.76. The third kappa shape index (κ3) is 6.05. The zero-order valence-corrected chi connectivity index (χ0v) is 23.4. The summed E-state index contributed by atoms with van der Waals surface area (Å²) in [6.45, 7) is 7.14. The Morgan fingerprint density at radius 1 is 0.806 bits per heavy atom. The van der Waals surface area contributed by atoms with Gasteiger partial charge >= 0.3 is 0 Å². The molecule has 9 nitrogen and oxygen atoms in total. The standard InChI is InChI=1S/C25H33N3O6S.ClH/c1-8-27(9-2)10-11-28(24(29)16-12-20(32-5)23(34-7)21(13-16)33-6)25-26-17-14-18(30-3)19(31-4)15-22(17)35-25;/h12-15H,8-11H2,1-7H3;1H. The van der Waals surface area contributed by atoms with Crippen molar-refractivity contribution in [2.75, 3.05) is 66.6 Å². The van der Waals surface area contributed by atoms with Gasteiger partial charge in [0.2, 0.25) is 5.75 Å². The van der Waals surface area contributed by atoms with Crippen molar-refractivity contribution in [1.29, 1.82) is 0 Å². The lowest BCUT2D eigenvalue weighted by Gasteiger charge is -2.25. The molecule has 198 valence electrons. The summed E-state index contributed by atoms with van der Waals surface area (Å²) in [5, 5.41) is 0.584. The maximum Gasteiger partial charge on any atom is 0.260 e.